The summed E-state index contributed by atoms with van der Waals surface area (Å²) >= 11 is 7.57. The van der Waals surface area contributed by atoms with Crippen molar-refractivity contribution in [1.29, 1.82) is 0 Å². The van der Waals surface area contributed by atoms with Crippen molar-refractivity contribution < 1.29 is 9.64 Å². The Bertz CT molecular complexity index is 755. The van der Waals surface area contributed by atoms with Crippen LogP contribution >= 0.6 is 23.6 Å². The number of hydrogen-bond acceptors (Lipinski definition) is 4. The zero-order valence-electron chi connectivity index (χ0n) is 15.5. The first-order valence-corrected chi connectivity index (χ1v) is 11.2. The maximum atomic E-state index is 5.86. The van der Waals surface area contributed by atoms with E-state index in [1.54, 1.807) is 11.3 Å². The SMILES string of the molecule is C[NH+](Cn1nc(-c2cccs2)n(C[C@@H]2CCCO2)c1=S)C1CCCCC1. The van der Waals surface area contributed by atoms with Gasteiger partial charge in [0.25, 0.3) is 0 Å². The van der Waals surface area contributed by atoms with Gasteiger partial charge in [0.2, 0.25) is 4.77 Å². The van der Waals surface area contributed by atoms with Gasteiger partial charge in [0, 0.05) is 6.61 Å². The molecule has 2 fully saturated rings. The third kappa shape index (κ3) is 3.96. The first-order valence-electron chi connectivity index (χ1n) is 9.88. The van der Waals surface area contributed by atoms with E-state index in [1.165, 1.54) is 41.9 Å². The van der Waals surface area contributed by atoms with Crippen molar-refractivity contribution in [2.24, 2.45) is 0 Å². The van der Waals surface area contributed by atoms with Gasteiger partial charge in [-0.05, 0) is 62.2 Å². The highest BCUT2D eigenvalue weighted by Gasteiger charge is 2.25. The van der Waals surface area contributed by atoms with Crippen LogP contribution < -0.4 is 4.90 Å². The molecule has 0 bridgehead atoms. The molecule has 0 amide bonds. The number of nitrogens with zero attached hydrogens (tertiary/aromatic N) is 3. The Morgan fingerprint density at radius 3 is 2.81 bits per heavy atom. The third-order valence-corrected chi connectivity index (χ3v) is 7.07. The van der Waals surface area contributed by atoms with Crippen LogP contribution in [0.15, 0.2) is 17.5 Å². The second kappa shape index (κ2) is 8.33. The summed E-state index contributed by atoms with van der Waals surface area (Å²) in [5.74, 6) is 0.997. The fraction of sp³-hybridized carbons (Fsp3) is 0.684. The van der Waals surface area contributed by atoms with Gasteiger partial charge in [-0.15, -0.1) is 16.4 Å². The summed E-state index contributed by atoms with van der Waals surface area (Å²) in [4.78, 5) is 2.71. The van der Waals surface area contributed by atoms with E-state index in [1.807, 2.05) is 4.68 Å². The zero-order valence-corrected chi connectivity index (χ0v) is 17.2. The van der Waals surface area contributed by atoms with Gasteiger partial charge in [0.1, 0.15) is 0 Å². The van der Waals surface area contributed by atoms with Crippen molar-refractivity contribution in [3.8, 4) is 10.7 Å². The van der Waals surface area contributed by atoms with Crippen molar-refractivity contribution >= 4 is 23.6 Å². The number of thiophene rings is 1. The molecule has 142 valence electrons. The second-order valence-corrected chi connectivity index (χ2v) is 8.98. The average molecular weight is 394 g/mol. The third-order valence-electron chi connectivity index (χ3n) is 5.78. The fourth-order valence-corrected chi connectivity index (χ4v) is 5.23. The smallest absolute Gasteiger partial charge is 0.203 e. The van der Waals surface area contributed by atoms with E-state index >= 15 is 0 Å². The summed E-state index contributed by atoms with van der Waals surface area (Å²) in [6.45, 7) is 2.53. The molecule has 7 heteroatoms. The molecule has 5 nitrogen and oxygen atoms in total. The molecule has 2 aliphatic rings. The van der Waals surface area contributed by atoms with Gasteiger partial charge in [0.15, 0.2) is 12.5 Å². The Balaban J connectivity index is 1.59. The van der Waals surface area contributed by atoms with Crippen molar-refractivity contribution in [3.05, 3.63) is 22.3 Å². The summed E-state index contributed by atoms with van der Waals surface area (Å²) in [5.41, 5.74) is 0. The summed E-state index contributed by atoms with van der Waals surface area (Å²) in [7, 11) is 2.29. The molecule has 0 radical (unpaired) electrons. The van der Waals surface area contributed by atoms with Crippen LogP contribution in [0.3, 0.4) is 0 Å². The molecule has 2 atom stereocenters. The van der Waals surface area contributed by atoms with Crippen molar-refractivity contribution in [2.45, 2.75) is 70.3 Å². The van der Waals surface area contributed by atoms with Crippen LogP contribution in [0, 0.1) is 4.77 Å². The van der Waals surface area contributed by atoms with Crippen LogP contribution in [0.1, 0.15) is 44.9 Å². The second-order valence-electron chi connectivity index (χ2n) is 7.67. The van der Waals surface area contributed by atoms with Crippen LogP contribution in [-0.4, -0.2) is 40.1 Å². The lowest BCUT2D eigenvalue weighted by Gasteiger charge is -2.27. The Morgan fingerprint density at radius 2 is 2.12 bits per heavy atom. The standard InChI is InChI=1S/C19H28N4OS2/c1-21(15-7-3-2-4-8-15)14-23-19(25)22(13-16-9-5-11-24-16)18(20-23)17-10-6-12-26-17/h6,10,12,15-16H,2-5,7-9,11,13-14H2,1H3/p+1/t16-/m0/s1. The maximum absolute atomic E-state index is 5.86. The normalized spacial score (nSPS) is 22.7. The highest BCUT2D eigenvalue weighted by molar-refractivity contribution is 7.71. The Morgan fingerprint density at radius 1 is 1.27 bits per heavy atom. The molecule has 1 unspecified atom stereocenters. The number of rotatable bonds is 6. The molecule has 0 aromatic carbocycles. The van der Waals surface area contributed by atoms with Crippen molar-refractivity contribution in [3.63, 3.8) is 0 Å². The lowest BCUT2D eigenvalue weighted by Crippen LogP contribution is -3.12. The molecule has 2 aromatic rings. The molecule has 1 saturated heterocycles. The quantitative estimate of drug-likeness (QED) is 0.766. The first kappa shape index (κ1) is 18.3. The van der Waals surface area contributed by atoms with Crippen LogP contribution in [0.25, 0.3) is 10.7 Å². The minimum Gasteiger partial charge on any atom is -0.376 e. The highest BCUT2D eigenvalue weighted by atomic mass is 32.1. The number of ether oxygens (including phenoxy) is 1. The van der Waals surface area contributed by atoms with Gasteiger partial charge >= 0.3 is 0 Å². The molecule has 1 aliphatic carbocycles. The summed E-state index contributed by atoms with van der Waals surface area (Å²) in [6.07, 6.45) is 9.30. The lowest BCUT2D eigenvalue weighted by molar-refractivity contribution is -0.930. The molecule has 1 aliphatic heterocycles. The van der Waals surface area contributed by atoms with Gasteiger partial charge < -0.3 is 9.64 Å². The van der Waals surface area contributed by atoms with Crippen molar-refractivity contribution in [1.82, 2.24) is 14.3 Å². The largest absolute Gasteiger partial charge is 0.376 e. The lowest BCUT2D eigenvalue weighted by atomic mass is 9.95. The molecule has 2 aromatic heterocycles. The van der Waals surface area contributed by atoms with Crippen LogP contribution in [0.5, 0.6) is 0 Å². The predicted molar refractivity (Wildman–Crippen MR) is 107 cm³/mol. The van der Waals surface area contributed by atoms with Gasteiger partial charge in [-0.2, -0.15) is 4.68 Å². The van der Waals surface area contributed by atoms with Crippen LogP contribution in [0.2, 0.25) is 0 Å². The number of quaternary nitrogens is 1. The van der Waals surface area contributed by atoms with Gasteiger partial charge in [-0.1, -0.05) is 12.5 Å². The van der Waals surface area contributed by atoms with Gasteiger partial charge in [0.05, 0.1) is 30.6 Å². The summed E-state index contributed by atoms with van der Waals surface area (Å²) < 4.78 is 10.9. The summed E-state index contributed by atoms with van der Waals surface area (Å²) in [6, 6.07) is 4.95. The molecule has 0 spiro atoms. The zero-order chi connectivity index (χ0) is 17.9. The van der Waals surface area contributed by atoms with Crippen molar-refractivity contribution in [2.75, 3.05) is 13.7 Å². The van der Waals surface area contributed by atoms with Crippen LogP contribution in [-0.2, 0) is 18.0 Å². The van der Waals surface area contributed by atoms with Gasteiger partial charge in [-0.25, -0.2) is 0 Å². The Labute approximate surface area is 164 Å². The van der Waals surface area contributed by atoms with E-state index in [0.717, 1.165) is 49.3 Å². The van der Waals surface area contributed by atoms with Gasteiger partial charge in [-0.3, -0.25) is 4.57 Å². The minimum absolute atomic E-state index is 0.265. The molecule has 1 saturated carbocycles. The molecule has 3 heterocycles. The highest BCUT2D eigenvalue weighted by Crippen LogP contribution is 2.25. The number of aromatic nitrogens is 3. The van der Waals surface area contributed by atoms with E-state index in [4.69, 9.17) is 22.1 Å². The molecule has 4 rings (SSSR count). The van der Waals surface area contributed by atoms with E-state index in [2.05, 4.69) is 29.1 Å². The molecular formula is C19H29N4OS2+. The Hall–Kier alpha value is -1.02. The minimum atomic E-state index is 0.265. The van der Waals surface area contributed by atoms with E-state index in [-0.39, 0.29) is 6.10 Å². The van der Waals surface area contributed by atoms with E-state index in [0.29, 0.717) is 0 Å². The van der Waals surface area contributed by atoms with E-state index in [9.17, 15) is 0 Å². The number of hydrogen-bond donors (Lipinski definition) is 1. The predicted octanol–water partition coefficient (Wildman–Crippen LogP) is 3.13. The summed E-state index contributed by atoms with van der Waals surface area (Å²) in [5, 5.41) is 7.04. The Kier molecular flexibility index (Phi) is 5.88. The maximum Gasteiger partial charge on any atom is 0.203 e. The van der Waals surface area contributed by atoms with Crippen LogP contribution in [0.4, 0.5) is 0 Å². The average Bonchev–Trinajstić information content (AvgIpc) is 3.41. The molecule has 26 heavy (non-hydrogen) atoms. The monoisotopic (exact) mass is 393 g/mol. The number of nitrogens with one attached hydrogen (secondary N) is 1. The van der Waals surface area contributed by atoms with E-state index < -0.39 is 0 Å². The first-order chi connectivity index (χ1) is 12.7. The topological polar surface area (TPSA) is 36.4 Å². The molecular weight excluding hydrogens is 364 g/mol. The molecule has 1 N–H and O–H groups in total. The fourth-order valence-electron chi connectivity index (χ4n) is 4.25.